The Kier molecular flexibility index (Phi) is 7.24. The lowest BCUT2D eigenvalue weighted by atomic mass is 10.1. The largest absolute Gasteiger partial charge is 0.467 e. The van der Waals surface area contributed by atoms with Gasteiger partial charge in [0, 0.05) is 50.1 Å². The van der Waals surface area contributed by atoms with Crippen molar-refractivity contribution < 1.29 is 14.0 Å². The van der Waals surface area contributed by atoms with Gasteiger partial charge < -0.3 is 24.9 Å². The number of piperazine rings is 1. The van der Waals surface area contributed by atoms with Crippen molar-refractivity contribution in [2.45, 2.75) is 33.2 Å². The summed E-state index contributed by atoms with van der Waals surface area (Å²) in [5.74, 6) is 1.30. The molecule has 0 aliphatic carbocycles. The number of aryl methyl sites for hydroxylation is 1. The first-order chi connectivity index (χ1) is 16.0. The molecule has 0 bridgehead atoms. The lowest BCUT2D eigenvalue weighted by Gasteiger charge is -2.35. The summed E-state index contributed by atoms with van der Waals surface area (Å²) in [4.78, 5) is 34.0. The fraction of sp³-hybridized carbons (Fsp3) is 0.400. The smallest absolute Gasteiger partial charge is 0.224 e. The van der Waals surface area contributed by atoms with Gasteiger partial charge in [-0.2, -0.15) is 0 Å². The van der Waals surface area contributed by atoms with Crippen LogP contribution >= 0.6 is 0 Å². The minimum atomic E-state index is -0.196. The molecule has 0 atom stereocenters. The Morgan fingerprint density at radius 3 is 2.58 bits per heavy atom. The Bertz CT molecular complexity index is 1100. The molecule has 4 rings (SSSR count). The molecule has 1 aliphatic rings. The molecule has 33 heavy (non-hydrogen) atoms. The highest BCUT2D eigenvalue weighted by atomic mass is 16.3. The number of anilines is 2. The standard InChI is InChI=1S/C25H31N5O3/c1-3-29-10-12-30(13-11-29)23-15-18(2)21-16-19(6-7-22(21)28-23)27-25(32)9-8-24(31)26-17-20-5-4-14-33-20/h4-7,14-16H,3,8-13,17H2,1-2H3,(H,26,31)(H,27,32). The number of furan rings is 1. The van der Waals surface area contributed by atoms with Gasteiger partial charge in [0.15, 0.2) is 0 Å². The van der Waals surface area contributed by atoms with E-state index in [4.69, 9.17) is 9.40 Å². The summed E-state index contributed by atoms with van der Waals surface area (Å²) in [7, 11) is 0. The summed E-state index contributed by atoms with van der Waals surface area (Å²) in [6, 6.07) is 11.4. The second kappa shape index (κ2) is 10.5. The number of nitrogens with one attached hydrogen (secondary N) is 2. The molecule has 1 fully saturated rings. The van der Waals surface area contributed by atoms with E-state index in [9.17, 15) is 9.59 Å². The number of hydrogen-bond donors (Lipinski definition) is 2. The maximum atomic E-state index is 12.3. The van der Waals surface area contributed by atoms with Gasteiger partial charge in [0.1, 0.15) is 11.6 Å². The summed E-state index contributed by atoms with van der Waals surface area (Å²) in [6.45, 7) is 9.75. The maximum Gasteiger partial charge on any atom is 0.224 e. The average molecular weight is 450 g/mol. The lowest BCUT2D eigenvalue weighted by Crippen LogP contribution is -2.46. The number of amides is 2. The van der Waals surface area contributed by atoms with Crippen molar-refractivity contribution in [3.63, 3.8) is 0 Å². The molecule has 2 aromatic heterocycles. The average Bonchev–Trinajstić information content (AvgIpc) is 3.35. The lowest BCUT2D eigenvalue weighted by molar-refractivity contribution is -0.124. The highest BCUT2D eigenvalue weighted by Crippen LogP contribution is 2.26. The molecule has 174 valence electrons. The van der Waals surface area contributed by atoms with Gasteiger partial charge in [0.05, 0.1) is 18.3 Å². The van der Waals surface area contributed by atoms with Crippen molar-refractivity contribution in [3.05, 3.63) is 54.0 Å². The molecule has 0 saturated carbocycles. The molecular weight excluding hydrogens is 418 g/mol. The highest BCUT2D eigenvalue weighted by Gasteiger charge is 2.18. The highest BCUT2D eigenvalue weighted by molar-refractivity contribution is 5.96. The van der Waals surface area contributed by atoms with Gasteiger partial charge >= 0.3 is 0 Å². The Balaban J connectivity index is 1.33. The van der Waals surface area contributed by atoms with Crippen LogP contribution in [0.5, 0.6) is 0 Å². The van der Waals surface area contributed by atoms with Crippen LogP contribution < -0.4 is 15.5 Å². The topological polar surface area (TPSA) is 90.7 Å². The summed E-state index contributed by atoms with van der Waals surface area (Å²) < 4.78 is 5.18. The van der Waals surface area contributed by atoms with Crippen molar-refractivity contribution in [2.75, 3.05) is 42.9 Å². The van der Waals surface area contributed by atoms with Crippen molar-refractivity contribution in [2.24, 2.45) is 0 Å². The molecule has 1 saturated heterocycles. The van der Waals surface area contributed by atoms with Crippen LogP contribution in [0.4, 0.5) is 11.5 Å². The quantitative estimate of drug-likeness (QED) is 0.548. The molecule has 2 amide bonds. The molecule has 3 aromatic rings. The van der Waals surface area contributed by atoms with Crippen LogP contribution in [0.1, 0.15) is 31.1 Å². The molecule has 0 spiro atoms. The van der Waals surface area contributed by atoms with E-state index < -0.39 is 0 Å². The third-order valence-corrected chi connectivity index (χ3v) is 6.05. The van der Waals surface area contributed by atoms with E-state index in [0.717, 1.165) is 55.0 Å². The minimum Gasteiger partial charge on any atom is -0.467 e. The van der Waals surface area contributed by atoms with Gasteiger partial charge in [-0.1, -0.05) is 6.92 Å². The molecule has 2 N–H and O–H groups in total. The summed E-state index contributed by atoms with van der Waals surface area (Å²) in [6.07, 6.45) is 1.79. The SMILES string of the molecule is CCN1CCN(c2cc(C)c3cc(NC(=O)CCC(=O)NCc4ccco4)ccc3n2)CC1. The number of likely N-dealkylation sites (N-methyl/N-ethyl adjacent to an activating group) is 1. The zero-order valence-electron chi connectivity index (χ0n) is 19.3. The molecule has 1 aromatic carbocycles. The second-order valence-corrected chi connectivity index (χ2v) is 8.35. The van der Waals surface area contributed by atoms with Crippen molar-refractivity contribution in [1.82, 2.24) is 15.2 Å². The number of rotatable bonds is 8. The number of fused-ring (bicyclic) bond motifs is 1. The number of nitrogens with zero attached hydrogens (tertiary/aromatic N) is 3. The van der Waals surface area contributed by atoms with Crippen LogP contribution in [0.2, 0.25) is 0 Å². The van der Waals surface area contributed by atoms with Crippen LogP contribution in [-0.2, 0) is 16.1 Å². The number of hydrogen-bond acceptors (Lipinski definition) is 6. The van der Waals surface area contributed by atoms with E-state index in [1.54, 1.807) is 18.4 Å². The first-order valence-corrected chi connectivity index (χ1v) is 11.5. The fourth-order valence-electron chi connectivity index (χ4n) is 4.05. The molecule has 0 unspecified atom stereocenters. The van der Waals surface area contributed by atoms with Gasteiger partial charge in [-0.3, -0.25) is 9.59 Å². The molecule has 8 heteroatoms. The molecule has 1 aliphatic heterocycles. The maximum absolute atomic E-state index is 12.3. The van der Waals surface area contributed by atoms with E-state index in [1.807, 2.05) is 18.2 Å². The zero-order chi connectivity index (χ0) is 23.2. The summed E-state index contributed by atoms with van der Waals surface area (Å²) in [5, 5.41) is 6.65. The Hall–Kier alpha value is -3.39. The summed E-state index contributed by atoms with van der Waals surface area (Å²) >= 11 is 0. The van der Waals surface area contributed by atoms with Gasteiger partial charge in [-0.05, 0) is 55.4 Å². The van der Waals surface area contributed by atoms with Gasteiger partial charge in [-0.15, -0.1) is 0 Å². The zero-order valence-corrected chi connectivity index (χ0v) is 19.3. The normalized spacial score (nSPS) is 14.4. The van der Waals surface area contributed by atoms with Gasteiger partial charge in [0.2, 0.25) is 11.8 Å². The number of aromatic nitrogens is 1. The van der Waals surface area contributed by atoms with Crippen LogP contribution in [0.3, 0.4) is 0 Å². The Morgan fingerprint density at radius 2 is 1.85 bits per heavy atom. The molecular formula is C25H31N5O3. The van der Waals surface area contributed by atoms with Crippen LogP contribution in [0.25, 0.3) is 10.9 Å². The van der Waals surface area contributed by atoms with E-state index in [-0.39, 0.29) is 24.7 Å². The van der Waals surface area contributed by atoms with E-state index in [2.05, 4.69) is 40.3 Å². The van der Waals surface area contributed by atoms with Gasteiger partial charge in [-0.25, -0.2) is 4.98 Å². The first kappa shape index (κ1) is 22.8. The molecule has 3 heterocycles. The number of pyridine rings is 1. The summed E-state index contributed by atoms with van der Waals surface area (Å²) in [5.41, 5.74) is 2.75. The number of benzene rings is 1. The monoisotopic (exact) mass is 449 g/mol. The third kappa shape index (κ3) is 5.90. The van der Waals surface area contributed by atoms with E-state index >= 15 is 0 Å². The van der Waals surface area contributed by atoms with Crippen molar-refractivity contribution in [1.29, 1.82) is 0 Å². The number of carbonyl (C=O) groups excluding carboxylic acids is 2. The van der Waals surface area contributed by atoms with Crippen LogP contribution in [0.15, 0.2) is 47.1 Å². The first-order valence-electron chi connectivity index (χ1n) is 11.5. The van der Waals surface area contributed by atoms with E-state index in [1.165, 1.54) is 0 Å². The predicted molar refractivity (Wildman–Crippen MR) is 129 cm³/mol. The van der Waals surface area contributed by atoms with Crippen molar-refractivity contribution in [3.8, 4) is 0 Å². The van der Waals surface area contributed by atoms with Crippen molar-refractivity contribution >= 4 is 34.2 Å². The molecule has 8 nitrogen and oxygen atoms in total. The Morgan fingerprint density at radius 1 is 1.06 bits per heavy atom. The molecule has 0 radical (unpaired) electrons. The number of carbonyl (C=O) groups is 2. The van der Waals surface area contributed by atoms with E-state index in [0.29, 0.717) is 18.0 Å². The van der Waals surface area contributed by atoms with Crippen LogP contribution in [0, 0.1) is 6.92 Å². The second-order valence-electron chi connectivity index (χ2n) is 8.35. The third-order valence-electron chi connectivity index (χ3n) is 6.05. The fourth-order valence-corrected chi connectivity index (χ4v) is 4.05. The van der Waals surface area contributed by atoms with Crippen LogP contribution in [-0.4, -0.2) is 54.4 Å². The minimum absolute atomic E-state index is 0.113. The Labute approximate surface area is 194 Å². The van der Waals surface area contributed by atoms with Gasteiger partial charge in [0.25, 0.3) is 0 Å². The predicted octanol–water partition coefficient (Wildman–Crippen LogP) is 3.31.